The van der Waals surface area contributed by atoms with Crippen LogP contribution in [0.5, 0.6) is 0 Å². The third-order valence-corrected chi connectivity index (χ3v) is 5.05. The normalized spacial score (nSPS) is 31.4. The monoisotopic (exact) mass is 268 g/mol. The van der Waals surface area contributed by atoms with Gasteiger partial charge >= 0.3 is 0 Å². The molecule has 0 radical (unpaired) electrons. The molecule has 1 saturated carbocycles. The first-order valence-electron chi connectivity index (χ1n) is 7.68. The van der Waals surface area contributed by atoms with Crippen molar-refractivity contribution < 1.29 is 9.53 Å². The van der Waals surface area contributed by atoms with Crippen LogP contribution in [0.3, 0.4) is 0 Å². The van der Waals surface area contributed by atoms with Gasteiger partial charge < -0.3 is 9.64 Å². The molecule has 0 bridgehead atoms. The topological polar surface area (TPSA) is 41.6 Å². The Balaban J connectivity index is 2.07. The Hall–Kier alpha value is -0.610. The molecule has 3 atom stereocenters. The van der Waals surface area contributed by atoms with Crippen molar-refractivity contribution in [1.29, 1.82) is 0 Å². The largest absolute Gasteiger partial charge is 0.376 e. The number of nitrogens with zero attached hydrogens (tertiary/aromatic N) is 1. The molecule has 2 aliphatic rings. The maximum atomic E-state index is 12.6. The Labute approximate surface area is 116 Å². The standard InChI is InChI=1S/C15H28N2O2/c1-5-11(3)13-14(18)17(12(6-2)16-13)10-15(19-4)8-7-9-15/h11-13,16H,5-10H2,1-4H3. The molecule has 110 valence electrons. The van der Waals surface area contributed by atoms with Gasteiger partial charge in [-0.1, -0.05) is 27.2 Å². The molecule has 4 heteroatoms. The number of methoxy groups -OCH3 is 1. The number of nitrogens with one attached hydrogen (secondary N) is 1. The summed E-state index contributed by atoms with van der Waals surface area (Å²) in [7, 11) is 1.78. The molecule has 0 aromatic heterocycles. The summed E-state index contributed by atoms with van der Waals surface area (Å²) in [6.45, 7) is 7.19. The Morgan fingerprint density at radius 2 is 2.16 bits per heavy atom. The molecule has 4 nitrogen and oxygen atoms in total. The van der Waals surface area contributed by atoms with Crippen molar-refractivity contribution >= 4 is 5.91 Å². The van der Waals surface area contributed by atoms with Crippen molar-refractivity contribution in [3.8, 4) is 0 Å². The van der Waals surface area contributed by atoms with E-state index in [4.69, 9.17) is 4.74 Å². The van der Waals surface area contributed by atoms with E-state index in [0.29, 0.717) is 5.92 Å². The molecule has 0 aromatic rings. The summed E-state index contributed by atoms with van der Waals surface area (Å²) in [4.78, 5) is 14.6. The zero-order valence-corrected chi connectivity index (χ0v) is 12.7. The number of hydrogen-bond acceptors (Lipinski definition) is 3. The van der Waals surface area contributed by atoms with E-state index in [1.165, 1.54) is 6.42 Å². The molecule has 1 aliphatic heterocycles. The van der Waals surface area contributed by atoms with Crippen LogP contribution in [-0.2, 0) is 9.53 Å². The highest BCUT2D eigenvalue weighted by Crippen LogP contribution is 2.37. The second kappa shape index (κ2) is 5.80. The van der Waals surface area contributed by atoms with E-state index in [-0.39, 0.29) is 23.7 Å². The van der Waals surface area contributed by atoms with Gasteiger partial charge in [0.2, 0.25) is 5.91 Å². The number of rotatable bonds is 6. The average Bonchev–Trinajstić information content (AvgIpc) is 2.69. The number of hydrogen-bond donors (Lipinski definition) is 1. The predicted octanol–water partition coefficient (Wildman–Crippen LogP) is 2.14. The van der Waals surface area contributed by atoms with Crippen LogP contribution >= 0.6 is 0 Å². The number of carbonyl (C=O) groups is 1. The van der Waals surface area contributed by atoms with Crippen LogP contribution in [0.1, 0.15) is 52.9 Å². The second-order valence-corrected chi connectivity index (χ2v) is 6.16. The first-order valence-corrected chi connectivity index (χ1v) is 7.68. The molecule has 1 heterocycles. The number of carbonyl (C=O) groups excluding carboxylic acids is 1. The molecular weight excluding hydrogens is 240 g/mol. The molecule has 2 fully saturated rings. The van der Waals surface area contributed by atoms with E-state index in [1.807, 2.05) is 4.90 Å². The minimum Gasteiger partial charge on any atom is -0.376 e. The lowest BCUT2D eigenvalue weighted by Crippen LogP contribution is -2.52. The van der Waals surface area contributed by atoms with E-state index in [0.717, 1.165) is 32.2 Å². The zero-order chi connectivity index (χ0) is 14.0. The molecule has 2 rings (SSSR count). The molecule has 3 unspecified atom stereocenters. The van der Waals surface area contributed by atoms with Crippen molar-refractivity contribution in [2.24, 2.45) is 5.92 Å². The molecule has 1 amide bonds. The summed E-state index contributed by atoms with van der Waals surface area (Å²) < 4.78 is 5.68. The van der Waals surface area contributed by atoms with Gasteiger partial charge in [-0.25, -0.2) is 0 Å². The molecule has 1 saturated heterocycles. The van der Waals surface area contributed by atoms with Gasteiger partial charge in [0.15, 0.2) is 0 Å². The first-order chi connectivity index (χ1) is 9.06. The van der Waals surface area contributed by atoms with Gasteiger partial charge in [-0.15, -0.1) is 0 Å². The Kier molecular flexibility index (Phi) is 4.51. The van der Waals surface area contributed by atoms with Gasteiger partial charge in [0.25, 0.3) is 0 Å². The summed E-state index contributed by atoms with van der Waals surface area (Å²) in [5.74, 6) is 0.663. The lowest BCUT2D eigenvalue weighted by Gasteiger charge is -2.44. The van der Waals surface area contributed by atoms with Crippen molar-refractivity contribution in [1.82, 2.24) is 10.2 Å². The Morgan fingerprint density at radius 3 is 2.58 bits per heavy atom. The van der Waals surface area contributed by atoms with E-state index in [2.05, 4.69) is 26.1 Å². The third kappa shape index (κ3) is 2.65. The minimum absolute atomic E-state index is 0.0102. The number of amides is 1. The quantitative estimate of drug-likeness (QED) is 0.802. The Morgan fingerprint density at radius 1 is 1.47 bits per heavy atom. The van der Waals surface area contributed by atoms with E-state index < -0.39 is 0 Å². The molecule has 1 aliphatic carbocycles. The summed E-state index contributed by atoms with van der Waals surface area (Å²) in [6, 6.07) is -0.0102. The van der Waals surface area contributed by atoms with Gasteiger partial charge in [0.1, 0.15) is 0 Å². The first kappa shape index (κ1) is 14.8. The van der Waals surface area contributed by atoms with Crippen LogP contribution in [-0.4, -0.2) is 42.3 Å². The maximum absolute atomic E-state index is 12.6. The smallest absolute Gasteiger partial charge is 0.241 e. The van der Waals surface area contributed by atoms with E-state index >= 15 is 0 Å². The van der Waals surface area contributed by atoms with Crippen LogP contribution < -0.4 is 5.32 Å². The van der Waals surface area contributed by atoms with E-state index in [9.17, 15) is 4.79 Å². The fourth-order valence-electron chi connectivity index (χ4n) is 3.18. The summed E-state index contributed by atoms with van der Waals surface area (Å²) in [6.07, 6.45) is 5.55. The van der Waals surface area contributed by atoms with Crippen LogP contribution in [0.4, 0.5) is 0 Å². The van der Waals surface area contributed by atoms with Gasteiger partial charge in [0, 0.05) is 7.11 Å². The molecular formula is C15H28N2O2. The van der Waals surface area contributed by atoms with E-state index in [1.54, 1.807) is 7.11 Å². The molecule has 0 spiro atoms. The maximum Gasteiger partial charge on any atom is 0.241 e. The Bertz CT molecular complexity index is 323. The minimum atomic E-state index is -0.0743. The highest BCUT2D eigenvalue weighted by Gasteiger charge is 2.46. The van der Waals surface area contributed by atoms with Crippen molar-refractivity contribution in [3.63, 3.8) is 0 Å². The van der Waals surface area contributed by atoms with Crippen LogP contribution in [0, 0.1) is 5.92 Å². The highest BCUT2D eigenvalue weighted by atomic mass is 16.5. The van der Waals surface area contributed by atoms with Gasteiger partial charge in [-0.05, 0) is 31.6 Å². The summed E-state index contributed by atoms with van der Waals surface area (Å²) in [5, 5.41) is 3.51. The summed E-state index contributed by atoms with van der Waals surface area (Å²) in [5.41, 5.74) is -0.0743. The fourth-order valence-corrected chi connectivity index (χ4v) is 3.18. The molecule has 0 aromatic carbocycles. The third-order valence-electron chi connectivity index (χ3n) is 5.05. The second-order valence-electron chi connectivity index (χ2n) is 6.16. The van der Waals surface area contributed by atoms with Gasteiger partial charge in [-0.2, -0.15) is 0 Å². The van der Waals surface area contributed by atoms with Crippen LogP contribution in [0.2, 0.25) is 0 Å². The SMILES string of the molecule is CCC(C)C1NC(CC)N(CC2(OC)CCC2)C1=O. The van der Waals surface area contributed by atoms with Gasteiger partial charge in [0.05, 0.1) is 24.4 Å². The van der Waals surface area contributed by atoms with Crippen molar-refractivity contribution in [2.75, 3.05) is 13.7 Å². The lowest BCUT2D eigenvalue weighted by molar-refractivity contribution is -0.141. The van der Waals surface area contributed by atoms with Crippen LogP contribution in [0.25, 0.3) is 0 Å². The summed E-state index contributed by atoms with van der Waals surface area (Å²) >= 11 is 0. The van der Waals surface area contributed by atoms with Crippen molar-refractivity contribution in [2.45, 2.75) is 70.7 Å². The average molecular weight is 268 g/mol. The lowest BCUT2D eigenvalue weighted by atomic mass is 9.79. The fraction of sp³-hybridized carbons (Fsp3) is 0.933. The molecule has 1 N–H and O–H groups in total. The van der Waals surface area contributed by atoms with Gasteiger partial charge in [-0.3, -0.25) is 10.1 Å². The zero-order valence-electron chi connectivity index (χ0n) is 12.7. The molecule has 19 heavy (non-hydrogen) atoms. The van der Waals surface area contributed by atoms with Crippen molar-refractivity contribution in [3.05, 3.63) is 0 Å². The number of ether oxygens (including phenoxy) is 1. The highest BCUT2D eigenvalue weighted by molar-refractivity contribution is 5.84. The predicted molar refractivity (Wildman–Crippen MR) is 75.8 cm³/mol. The van der Waals surface area contributed by atoms with Crippen LogP contribution in [0.15, 0.2) is 0 Å².